The molecule has 0 unspecified atom stereocenters. The van der Waals surface area contributed by atoms with Gasteiger partial charge in [0.05, 0.1) is 13.2 Å². The van der Waals surface area contributed by atoms with Crippen molar-refractivity contribution in [3.63, 3.8) is 0 Å². The maximum absolute atomic E-state index is 11.7. The van der Waals surface area contributed by atoms with E-state index in [0.717, 1.165) is 31.4 Å². The van der Waals surface area contributed by atoms with Crippen LogP contribution in [-0.4, -0.2) is 55.8 Å². The largest absolute Gasteiger partial charge is 0.494 e. The number of rotatable bonds is 8. The van der Waals surface area contributed by atoms with Crippen LogP contribution in [0, 0.1) is 6.92 Å². The van der Waals surface area contributed by atoms with Crippen LogP contribution in [-0.2, 0) is 4.74 Å². The fourth-order valence-corrected chi connectivity index (χ4v) is 2.91. The lowest BCUT2D eigenvalue weighted by Gasteiger charge is -2.31. The van der Waals surface area contributed by atoms with Crippen LogP contribution in [0.4, 0.5) is 4.79 Å². The summed E-state index contributed by atoms with van der Waals surface area (Å²) in [6.07, 6.45) is 3.32. The van der Waals surface area contributed by atoms with Crippen LogP contribution in [0.1, 0.15) is 38.2 Å². The number of nitrogens with zero attached hydrogens (tertiary/aromatic N) is 2. The Morgan fingerprint density at radius 3 is 2.57 bits per heavy atom. The van der Waals surface area contributed by atoms with Gasteiger partial charge in [-0.3, -0.25) is 4.99 Å². The first-order chi connectivity index (χ1) is 13.1. The molecule has 8 heteroatoms. The van der Waals surface area contributed by atoms with Crippen LogP contribution in [0.5, 0.6) is 5.75 Å². The fraction of sp³-hybridized carbons (Fsp3) is 0.600. The van der Waals surface area contributed by atoms with Crippen LogP contribution >= 0.6 is 24.0 Å². The second kappa shape index (κ2) is 13.5. The van der Waals surface area contributed by atoms with Gasteiger partial charge in [0, 0.05) is 25.7 Å². The standard InChI is InChI=1S/C20H32N4O3.HI/c1-3-26-20(25)24-13-10-17(11-14-24)23-19(21)22-12-4-5-15-27-18-8-6-16(2)7-9-18;/h6-9,17H,3-5,10-15H2,1-2H3,(H3,21,22,23);1H. The molecule has 0 aromatic heterocycles. The van der Waals surface area contributed by atoms with Crippen molar-refractivity contribution in [1.82, 2.24) is 10.2 Å². The Morgan fingerprint density at radius 2 is 1.93 bits per heavy atom. The molecule has 1 aliphatic rings. The predicted molar refractivity (Wildman–Crippen MR) is 123 cm³/mol. The maximum Gasteiger partial charge on any atom is 0.409 e. The van der Waals surface area contributed by atoms with E-state index in [4.69, 9.17) is 15.2 Å². The van der Waals surface area contributed by atoms with E-state index in [-0.39, 0.29) is 36.1 Å². The van der Waals surface area contributed by atoms with Crippen molar-refractivity contribution in [3.05, 3.63) is 29.8 Å². The first-order valence-corrected chi connectivity index (χ1v) is 9.76. The number of guanidine groups is 1. The average molecular weight is 504 g/mol. The van der Waals surface area contributed by atoms with Crippen molar-refractivity contribution in [1.29, 1.82) is 0 Å². The van der Waals surface area contributed by atoms with Gasteiger partial charge in [-0.15, -0.1) is 24.0 Å². The highest BCUT2D eigenvalue weighted by atomic mass is 127. The van der Waals surface area contributed by atoms with E-state index < -0.39 is 0 Å². The summed E-state index contributed by atoms with van der Waals surface area (Å²) in [4.78, 5) is 17.8. The van der Waals surface area contributed by atoms with Gasteiger partial charge in [-0.2, -0.15) is 0 Å². The molecule has 0 bridgehead atoms. The van der Waals surface area contributed by atoms with Gasteiger partial charge in [0.1, 0.15) is 5.75 Å². The molecule has 1 aliphatic heterocycles. The molecule has 7 nitrogen and oxygen atoms in total. The number of likely N-dealkylation sites (tertiary alicyclic amines) is 1. The Labute approximate surface area is 185 Å². The molecule has 1 aromatic rings. The van der Waals surface area contributed by atoms with E-state index in [1.165, 1.54) is 5.56 Å². The number of ether oxygens (including phenoxy) is 2. The van der Waals surface area contributed by atoms with Gasteiger partial charge in [0.25, 0.3) is 0 Å². The number of unbranched alkanes of at least 4 members (excludes halogenated alkanes) is 1. The van der Waals surface area contributed by atoms with Crippen LogP contribution in [0.3, 0.4) is 0 Å². The Balaban J connectivity index is 0.00000392. The molecule has 28 heavy (non-hydrogen) atoms. The number of aliphatic imine (C=N–C) groups is 1. The second-order valence-corrected chi connectivity index (χ2v) is 6.74. The molecule has 1 heterocycles. The molecule has 0 saturated carbocycles. The fourth-order valence-electron chi connectivity index (χ4n) is 2.91. The number of nitrogens with two attached hydrogens (primary N) is 1. The molecule has 0 radical (unpaired) electrons. The van der Waals surface area contributed by atoms with E-state index >= 15 is 0 Å². The molecular weight excluding hydrogens is 471 g/mol. The molecule has 158 valence electrons. The van der Waals surface area contributed by atoms with E-state index in [1.54, 1.807) is 4.90 Å². The molecular formula is C20H33IN4O3. The topological polar surface area (TPSA) is 89.2 Å². The highest BCUT2D eigenvalue weighted by Crippen LogP contribution is 2.12. The third-order valence-electron chi connectivity index (χ3n) is 4.50. The first-order valence-electron chi connectivity index (χ1n) is 9.76. The summed E-state index contributed by atoms with van der Waals surface area (Å²) in [6, 6.07) is 8.32. The summed E-state index contributed by atoms with van der Waals surface area (Å²) < 4.78 is 10.7. The lowest BCUT2D eigenvalue weighted by molar-refractivity contribution is 0.0963. The zero-order chi connectivity index (χ0) is 19.5. The van der Waals surface area contributed by atoms with Crippen LogP contribution < -0.4 is 15.8 Å². The van der Waals surface area contributed by atoms with Crippen molar-refractivity contribution in [2.75, 3.05) is 32.8 Å². The van der Waals surface area contributed by atoms with Crippen molar-refractivity contribution < 1.29 is 14.3 Å². The minimum absolute atomic E-state index is 0. The number of carbonyl (C=O) groups is 1. The zero-order valence-electron chi connectivity index (χ0n) is 16.9. The molecule has 1 aromatic carbocycles. The van der Waals surface area contributed by atoms with Gasteiger partial charge < -0.3 is 25.4 Å². The first kappa shape index (κ1) is 24.3. The molecule has 1 fully saturated rings. The number of halogens is 1. The van der Waals surface area contributed by atoms with Crippen molar-refractivity contribution >= 4 is 36.0 Å². The minimum atomic E-state index is -0.231. The number of benzene rings is 1. The summed E-state index contributed by atoms with van der Waals surface area (Å²) in [5.74, 6) is 1.38. The lowest BCUT2D eigenvalue weighted by atomic mass is 10.1. The van der Waals surface area contributed by atoms with E-state index in [2.05, 4.69) is 17.2 Å². The van der Waals surface area contributed by atoms with Gasteiger partial charge in [-0.1, -0.05) is 17.7 Å². The van der Waals surface area contributed by atoms with Crippen LogP contribution in [0.2, 0.25) is 0 Å². The summed E-state index contributed by atoms with van der Waals surface area (Å²) >= 11 is 0. The van der Waals surface area contributed by atoms with Gasteiger partial charge >= 0.3 is 6.09 Å². The Morgan fingerprint density at radius 1 is 1.25 bits per heavy atom. The van der Waals surface area contributed by atoms with Gasteiger partial charge in [0.15, 0.2) is 5.96 Å². The smallest absolute Gasteiger partial charge is 0.409 e. The highest BCUT2D eigenvalue weighted by Gasteiger charge is 2.23. The normalized spacial score (nSPS) is 14.9. The van der Waals surface area contributed by atoms with E-state index in [9.17, 15) is 4.79 Å². The summed E-state index contributed by atoms with van der Waals surface area (Å²) in [5.41, 5.74) is 7.20. The number of aryl methyl sites for hydroxylation is 1. The number of hydrogen-bond acceptors (Lipinski definition) is 4. The number of hydrogen-bond donors (Lipinski definition) is 2. The number of piperidine rings is 1. The van der Waals surface area contributed by atoms with Crippen LogP contribution in [0.25, 0.3) is 0 Å². The SMILES string of the molecule is CCOC(=O)N1CCC(NC(N)=NCCCCOc2ccc(C)cc2)CC1.I. The van der Waals surface area contributed by atoms with Gasteiger partial charge in [-0.25, -0.2) is 4.79 Å². The third kappa shape index (κ3) is 8.99. The monoisotopic (exact) mass is 504 g/mol. The highest BCUT2D eigenvalue weighted by molar-refractivity contribution is 14.0. The minimum Gasteiger partial charge on any atom is -0.494 e. The van der Waals surface area contributed by atoms with E-state index in [0.29, 0.717) is 38.8 Å². The third-order valence-corrected chi connectivity index (χ3v) is 4.50. The molecule has 0 atom stereocenters. The maximum atomic E-state index is 11.7. The predicted octanol–water partition coefficient (Wildman–Crippen LogP) is 3.30. The molecule has 1 amide bonds. The summed E-state index contributed by atoms with van der Waals surface area (Å²) in [5, 5.41) is 3.25. The Hall–Kier alpha value is -1.71. The van der Waals surface area contributed by atoms with Crippen molar-refractivity contribution in [2.45, 2.75) is 45.6 Å². The second-order valence-electron chi connectivity index (χ2n) is 6.74. The van der Waals surface area contributed by atoms with Gasteiger partial charge in [0.2, 0.25) is 0 Å². The number of nitrogens with one attached hydrogen (secondary N) is 1. The molecule has 2 rings (SSSR count). The number of carbonyl (C=O) groups excluding carboxylic acids is 1. The summed E-state index contributed by atoms with van der Waals surface area (Å²) in [6.45, 7) is 7.00. The van der Waals surface area contributed by atoms with Crippen molar-refractivity contribution in [3.8, 4) is 5.75 Å². The molecule has 3 N–H and O–H groups in total. The lowest BCUT2D eigenvalue weighted by Crippen LogP contribution is -2.48. The van der Waals surface area contributed by atoms with Crippen molar-refractivity contribution in [2.24, 2.45) is 10.7 Å². The van der Waals surface area contributed by atoms with Gasteiger partial charge in [-0.05, 0) is 51.7 Å². The summed E-state index contributed by atoms with van der Waals surface area (Å²) in [7, 11) is 0. The quantitative estimate of drug-likeness (QED) is 0.246. The molecule has 0 aliphatic carbocycles. The molecule has 0 spiro atoms. The van der Waals surface area contributed by atoms with E-state index in [1.807, 2.05) is 31.2 Å². The Kier molecular flexibility index (Phi) is 11.7. The molecule has 1 saturated heterocycles. The average Bonchev–Trinajstić information content (AvgIpc) is 2.67. The Bertz CT molecular complexity index is 602. The van der Waals surface area contributed by atoms with Crippen LogP contribution in [0.15, 0.2) is 29.3 Å². The zero-order valence-corrected chi connectivity index (χ0v) is 19.2. The number of amides is 1.